The molecule has 124 valence electrons. The van der Waals surface area contributed by atoms with Gasteiger partial charge in [0.15, 0.2) is 0 Å². The molecule has 3 N–H and O–H groups in total. The molecule has 0 radical (unpaired) electrons. The molecule has 1 saturated heterocycles. The quantitative estimate of drug-likeness (QED) is 0.349. The van der Waals surface area contributed by atoms with Crippen molar-refractivity contribution in [2.75, 3.05) is 32.5 Å². The highest BCUT2D eigenvalue weighted by Crippen LogP contribution is 2.22. The van der Waals surface area contributed by atoms with Gasteiger partial charge >= 0.3 is 0 Å². The zero-order chi connectivity index (χ0) is 16.5. The van der Waals surface area contributed by atoms with E-state index in [9.17, 15) is 19.2 Å². The lowest BCUT2D eigenvalue weighted by Crippen LogP contribution is -2.38. The van der Waals surface area contributed by atoms with Crippen LogP contribution >= 0.6 is 11.8 Å². The summed E-state index contributed by atoms with van der Waals surface area (Å²) >= 11 is 1.34. The lowest BCUT2D eigenvalue weighted by atomic mass is 10.3. The van der Waals surface area contributed by atoms with Gasteiger partial charge in [0.05, 0.1) is 11.9 Å². The summed E-state index contributed by atoms with van der Waals surface area (Å²) < 4.78 is 0. The van der Waals surface area contributed by atoms with Gasteiger partial charge in [-0.1, -0.05) is 0 Å². The summed E-state index contributed by atoms with van der Waals surface area (Å²) in [6.45, 7) is 0.386. The summed E-state index contributed by atoms with van der Waals surface area (Å²) in [5.41, 5.74) is 0. The number of rotatable bonds is 9. The molecular weight excluding hydrogens is 310 g/mol. The predicted octanol–water partition coefficient (Wildman–Crippen LogP) is -1.52. The molecule has 0 spiro atoms. The maximum atomic E-state index is 11.8. The minimum atomic E-state index is -0.336. The van der Waals surface area contributed by atoms with Crippen LogP contribution in [-0.2, 0) is 19.2 Å². The number of hydrogen-bond acceptors (Lipinski definition) is 6. The Morgan fingerprint density at radius 1 is 1.23 bits per heavy atom. The normalized spacial score (nSPS) is 17.7. The Balaban J connectivity index is 2.19. The molecular formula is C13H21N3O5S. The van der Waals surface area contributed by atoms with Gasteiger partial charge in [0, 0.05) is 38.9 Å². The second-order valence-corrected chi connectivity index (χ2v) is 5.78. The Hall–Kier alpha value is -1.61. The molecule has 0 saturated carbocycles. The van der Waals surface area contributed by atoms with Gasteiger partial charge in [-0.25, -0.2) is 0 Å². The van der Waals surface area contributed by atoms with E-state index in [4.69, 9.17) is 5.11 Å². The summed E-state index contributed by atoms with van der Waals surface area (Å²) in [7, 11) is 0. The predicted molar refractivity (Wildman–Crippen MR) is 81.0 cm³/mol. The lowest BCUT2D eigenvalue weighted by molar-refractivity contribution is -0.138. The highest BCUT2D eigenvalue weighted by atomic mass is 32.2. The summed E-state index contributed by atoms with van der Waals surface area (Å²) in [4.78, 5) is 47.3. The monoisotopic (exact) mass is 331 g/mol. The molecule has 1 rings (SSSR count). The SMILES string of the molecule is CSC1CC(=O)N(CCC(=O)NCCNC(=O)CCO)C1=O. The zero-order valence-electron chi connectivity index (χ0n) is 12.5. The fourth-order valence-corrected chi connectivity index (χ4v) is 2.61. The van der Waals surface area contributed by atoms with Crippen molar-refractivity contribution >= 4 is 35.4 Å². The van der Waals surface area contributed by atoms with Gasteiger partial charge in [0.25, 0.3) is 0 Å². The minimum absolute atomic E-state index is 0.0315. The number of nitrogens with one attached hydrogen (secondary N) is 2. The smallest absolute Gasteiger partial charge is 0.242 e. The fraction of sp³-hybridized carbons (Fsp3) is 0.692. The average Bonchev–Trinajstić information content (AvgIpc) is 2.76. The molecule has 1 atom stereocenters. The second kappa shape index (κ2) is 9.42. The molecule has 0 aromatic carbocycles. The molecule has 1 fully saturated rings. The maximum absolute atomic E-state index is 11.8. The number of thioether (sulfide) groups is 1. The lowest BCUT2D eigenvalue weighted by Gasteiger charge is -2.14. The number of nitrogens with zero attached hydrogens (tertiary/aromatic N) is 1. The number of amides is 4. The molecule has 0 aromatic rings. The summed E-state index contributed by atoms with van der Waals surface area (Å²) in [6, 6.07) is 0. The van der Waals surface area contributed by atoms with E-state index in [1.807, 2.05) is 0 Å². The van der Waals surface area contributed by atoms with Crippen molar-refractivity contribution in [2.45, 2.75) is 24.5 Å². The summed E-state index contributed by atoms with van der Waals surface area (Å²) in [5.74, 6) is -1.05. The molecule has 0 bridgehead atoms. The van der Waals surface area contributed by atoms with E-state index in [0.717, 1.165) is 4.90 Å². The minimum Gasteiger partial charge on any atom is -0.396 e. The van der Waals surface area contributed by atoms with Crippen molar-refractivity contribution in [3.63, 3.8) is 0 Å². The highest BCUT2D eigenvalue weighted by molar-refractivity contribution is 8.00. The number of carbonyl (C=O) groups is 4. The van der Waals surface area contributed by atoms with Crippen LogP contribution in [0.25, 0.3) is 0 Å². The molecule has 22 heavy (non-hydrogen) atoms. The van der Waals surface area contributed by atoms with E-state index in [-0.39, 0.29) is 74.4 Å². The number of hydrogen-bond donors (Lipinski definition) is 3. The first-order chi connectivity index (χ1) is 10.5. The number of imide groups is 1. The van der Waals surface area contributed by atoms with Gasteiger partial charge in [-0.2, -0.15) is 11.8 Å². The second-order valence-electron chi connectivity index (χ2n) is 4.74. The van der Waals surface area contributed by atoms with Crippen LogP contribution in [0.5, 0.6) is 0 Å². The van der Waals surface area contributed by atoms with Gasteiger partial charge in [-0.3, -0.25) is 24.1 Å². The molecule has 1 aliphatic heterocycles. The molecule has 4 amide bonds. The topological polar surface area (TPSA) is 116 Å². The van der Waals surface area contributed by atoms with Crippen LogP contribution in [0.4, 0.5) is 0 Å². The summed E-state index contributed by atoms with van der Waals surface area (Å²) in [6.07, 6.45) is 2.04. The van der Waals surface area contributed by atoms with Gasteiger partial charge in [-0.15, -0.1) is 0 Å². The van der Waals surface area contributed by atoms with E-state index < -0.39 is 0 Å². The van der Waals surface area contributed by atoms with Crippen LogP contribution in [0, 0.1) is 0 Å². The first-order valence-electron chi connectivity index (χ1n) is 7.00. The summed E-state index contributed by atoms with van der Waals surface area (Å²) in [5, 5.41) is 13.3. The van der Waals surface area contributed by atoms with E-state index in [2.05, 4.69) is 10.6 Å². The van der Waals surface area contributed by atoms with E-state index in [0.29, 0.717) is 0 Å². The van der Waals surface area contributed by atoms with Gasteiger partial charge < -0.3 is 15.7 Å². The number of carbonyl (C=O) groups excluding carboxylic acids is 4. The molecule has 0 aromatic heterocycles. The average molecular weight is 331 g/mol. The Kier molecular flexibility index (Phi) is 7.89. The van der Waals surface area contributed by atoms with Crippen LogP contribution in [0.15, 0.2) is 0 Å². The molecule has 9 heteroatoms. The van der Waals surface area contributed by atoms with E-state index in [1.54, 1.807) is 6.26 Å². The van der Waals surface area contributed by atoms with Crippen molar-refractivity contribution in [1.29, 1.82) is 0 Å². The standard InChI is InChI=1S/C13H21N3O5S/c1-22-9-8-12(20)16(13(9)21)6-2-10(18)14-4-5-15-11(19)3-7-17/h9,17H,2-8H2,1H3,(H,14,18)(H,15,19). The zero-order valence-corrected chi connectivity index (χ0v) is 13.3. The molecule has 1 unspecified atom stereocenters. The number of aliphatic hydroxyl groups is 1. The highest BCUT2D eigenvalue weighted by Gasteiger charge is 2.37. The van der Waals surface area contributed by atoms with E-state index >= 15 is 0 Å². The van der Waals surface area contributed by atoms with Gasteiger partial charge in [-0.05, 0) is 6.26 Å². The largest absolute Gasteiger partial charge is 0.396 e. The van der Waals surface area contributed by atoms with Crippen LogP contribution < -0.4 is 10.6 Å². The Morgan fingerprint density at radius 2 is 1.82 bits per heavy atom. The third-order valence-corrected chi connectivity index (χ3v) is 4.10. The molecule has 1 heterocycles. The molecule has 0 aliphatic carbocycles. The van der Waals surface area contributed by atoms with Gasteiger partial charge in [0.1, 0.15) is 0 Å². The van der Waals surface area contributed by atoms with Crippen molar-refractivity contribution in [2.24, 2.45) is 0 Å². The number of likely N-dealkylation sites (tertiary alicyclic amines) is 1. The van der Waals surface area contributed by atoms with Crippen LogP contribution in [0.3, 0.4) is 0 Å². The van der Waals surface area contributed by atoms with Crippen LogP contribution in [-0.4, -0.2) is 71.4 Å². The first kappa shape index (κ1) is 18.4. The van der Waals surface area contributed by atoms with Crippen molar-refractivity contribution in [1.82, 2.24) is 15.5 Å². The van der Waals surface area contributed by atoms with Crippen molar-refractivity contribution in [3.8, 4) is 0 Å². The Bertz CT molecular complexity index is 443. The van der Waals surface area contributed by atoms with Crippen LogP contribution in [0.1, 0.15) is 19.3 Å². The Labute approximate surface area is 133 Å². The first-order valence-corrected chi connectivity index (χ1v) is 8.29. The number of aliphatic hydroxyl groups excluding tert-OH is 1. The van der Waals surface area contributed by atoms with Crippen molar-refractivity contribution in [3.05, 3.63) is 0 Å². The third kappa shape index (κ3) is 5.64. The Morgan fingerprint density at radius 3 is 2.32 bits per heavy atom. The van der Waals surface area contributed by atoms with Crippen LogP contribution in [0.2, 0.25) is 0 Å². The van der Waals surface area contributed by atoms with Gasteiger partial charge in [0.2, 0.25) is 23.6 Å². The molecule has 8 nitrogen and oxygen atoms in total. The van der Waals surface area contributed by atoms with E-state index in [1.165, 1.54) is 11.8 Å². The fourth-order valence-electron chi connectivity index (χ4n) is 1.97. The maximum Gasteiger partial charge on any atom is 0.242 e. The van der Waals surface area contributed by atoms with Crippen molar-refractivity contribution < 1.29 is 24.3 Å². The molecule has 1 aliphatic rings. The third-order valence-electron chi connectivity index (χ3n) is 3.16.